The fourth-order valence-corrected chi connectivity index (χ4v) is 2.05. The van der Waals surface area contributed by atoms with Gasteiger partial charge in [-0.05, 0) is 44.5 Å². The van der Waals surface area contributed by atoms with Gasteiger partial charge in [0.05, 0.1) is 6.61 Å². The van der Waals surface area contributed by atoms with Gasteiger partial charge in [-0.25, -0.2) is 0 Å². The predicted octanol–water partition coefficient (Wildman–Crippen LogP) is 3.25. The van der Waals surface area contributed by atoms with Gasteiger partial charge in [-0.15, -0.1) is 0 Å². The molecule has 1 N–H and O–H groups in total. The maximum Gasteiger partial charge on any atom is 0.256 e. The van der Waals surface area contributed by atoms with E-state index in [1.807, 2.05) is 38.1 Å². The minimum atomic E-state index is -0.804. The molecule has 0 saturated heterocycles. The molecule has 1 atom stereocenters. The highest BCUT2D eigenvalue weighted by molar-refractivity contribution is 5.97. The molecule has 0 spiro atoms. The monoisotopic (exact) mass is 309 g/mol. The lowest BCUT2D eigenvalue weighted by molar-refractivity contribution is -0.136. The van der Waals surface area contributed by atoms with Crippen LogP contribution in [-0.4, -0.2) is 38.4 Å². The maximum atomic E-state index is 12.3. The van der Waals surface area contributed by atoms with Crippen molar-refractivity contribution in [2.45, 2.75) is 39.2 Å². The lowest BCUT2D eigenvalue weighted by Gasteiger charge is -2.26. The number of nitrogens with one attached hydrogen (secondary N) is 1. The van der Waals surface area contributed by atoms with Crippen molar-refractivity contribution in [3.63, 3.8) is 0 Å². The Labute approximate surface area is 132 Å². The summed E-state index contributed by atoms with van der Waals surface area (Å²) >= 11 is 0. The Bertz CT molecular complexity index is 446. The van der Waals surface area contributed by atoms with Gasteiger partial charge in [0.25, 0.3) is 5.91 Å². The van der Waals surface area contributed by atoms with E-state index in [2.05, 4.69) is 5.32 Å². The standard InChI is InChI=1S/C17H27NO4/c1-5-11-17(3,20-4)16(19)18-14-7-9-15(10-8-14)22-13-12-21-6-2/h7-10H,5-6,11-13H2,1-4H3,(H,18,19)/t17-/m0/s1. The molecule has 1 aromatic rings. The number of anilines is 1. The van der Waals surface area contributed by atoms with Crippen molar-refractivity contribution in [1.82, 2.24) is 0 Å². The van der Waals surface area contributed by atoms with Crippen LogP contribution < -0.4 is 10.1 Å². The van der Waals surface area contributed by atoms with Crippen molar-refractivity contribution in [3.05, 3.63) is 24.3 Å². The summed E-state index contributed by atoms with van der Waals surface area (Å²) in [5.74, 6) is 0.614. The zero-order valence-corrected chi connectivity index (χ0v) is 14.0. The summed E-state index contributed by atoms with van der Waals surface area (Å²) in [5, 5.41) is 2.88. The third-order valence-electron chi connectivity index (χ3n) is 3.47. The Balaban J connectivity index is 2.54. The number of rotatable bonds is 10. The average Bonchev–Trinajstić information content (AvgIpc) is 2.53. The van der Waals surface area contributed by atoms with E-state index in [0.29, 0.717) is 26.2 Å². The molecule has 0 saturated carbocycles. The molecular formula is C17H27NO4. The molecule has 0 unspecified atom stereocenters. The van der Waals surface area contributed by atoms with Crippen LogP contribution in [0.2, 0.25) is 0 Å². The number of amides is 1. The van der Waals surface area contributed by atoms with Crippen LogP contribution in [0.5, 0.6) is 5.75 Å². The molecule has 0 fully saturated rings. The van der Waals surface area contributed by atoms with Crippen molar-refractivity contribution in [2.24, 2.45) is 0 Å². The minimum absolute atomic E-state index is 0.137. The molecule has 1 aromatic carbocycles. The zero-order chi connectivity index (χ0) is 16.4. The number of hydrogen-bond acceptors (Lipinski definition) is 4. The first-order valence-electron chi connectivity index (χ1n) is 7.73. The average molecular weight is 309 g/mol. The molecule has 0 bridgehead atoms. The van der Waals surface area contributed by atoms with Crippen LogP contribution in [0.3, 0.4) is 0 Å². The molecule has 0 radical (unpaired) electrons. The zero-order valence-electron chi connectivity index (χ0n) is 14.0. The SMILES string of the molecule is CCC[C@](C)(OC)C(=O)Nc1ccc(OCCOCC)cc1. The van der Waals surface area contributed by atoms with Crippen LogP contribution in [0, 0.1) is 0 Å². The summed E-state index contributed by atoms with van der Waals surface area (Å²) < 4.78 is 16.1. The quantitative estimate of drug-likeness (QED) is 0.674. The van der Waals surface area contributed by atoms with Gasteiger partial charge >= 0.3 is 0 Å². The van der Waals surface area contributed by atoms with Gasteiger partial charge in [-0.2, -0.15) is 0 Å². The molecule has 124 valence electrons. The highest BCUT2D eigenvalue weighted by Gasteiger charge is 2.31. The molecule has 0 aliphatic heterocycles. The van der Waals surface area contributed by atoms with Crippen LogP contribution in [0.1, 0.15) is 33.6 Å². The third kappa shape index (κ3) is 5.66. The maximum absolute atomic E-state index is 12.3. The van der Waals surface area contributed by atoms with Crippen molar-refractivity contribution in [2.75, 3.05) is 32.2 Å². The summed E-state index contributed by atoms with van der Waals surface area (Å²) in [6, 6.07) is 7.28. The van der Waals surface area contributed by atoms with Crippen LogP contribution in [0.25, 0.3) is 0 Å². The molecule has 22 heavy (non-hydrogen) atoms. The number of methoxy groups -OCH3 is 1. The van der Waals surface area contributed by atoms with Crippen molar-refractivity contribution in [1.29, 1.82) is 0 Å². The lowest BCUT2D eigenvalue weighted by Crippen LogP contribution is -2.41. The van der Waals surface area contributed by atoms with Crippen molar-refractivity contribution < 1.29 is 19.0 Å². The molecule has 5 nitrogen and oxygen atoms in total. The van der Waals surface area contributed by atoms with Gasteiger partial charge in [0.2, 0.25) is 0 Å². The second-order valence-corrected chi connectivity index (χ2v) is 5.21. The summed E-state index contributed by atoms with van der Waals surface area (Å²) in [6.45, 7) is 7.54. The Hall–Kier alpha value is -1.59. The van der Waals surface area contributed by atoms with Gasteiger partial charge in [0.15, 0.2) is 0 Å². The fourth-order valence-electron chi connectivity index (χ4n) is 2.05. The number of carbonyl (C=O) groups is 1. The minimum Gasteiger partial charge on any atom is -0.491 e. The largest absolute Gasteiger partial charge is 0.491 e. The Morgan fingerprint density at radius 3 is 2.41 bits per heavy atom. The molecular weight excluding hydrogens is 282 g/mol. The summed E-state index contributed by atoms with van der Waals surface area (Å²) in [5.41, 5.74) is -0.0805. The second-order valence-electron chi connectivity index (χ2n) is 5.21. The van der Waals surface area contributed by atoms with Crippen LogP contribution in [-0.2, 0) is 14.3 Å². The van der Waals surface area contributed by atoms with E-state index < -0.39 is 5.60 Å². The van der Waals surface area contributed by atoms with Gasteiger partial charge in [0.1, 0.15) is 18.0 Å². The van der Waals surface area contributed by atoms with Crippen molar-refractivity contribution >= 4 is 11.6 Å². The molecule has 5 heteroatoms. The molecule has 1 rings (SSSR count). The molecule has 0 aromatic heterocycles. The molecule has 0 heterocycles. The smallest absolute Gasteiger partial charge is 0.256 e. The topological polar surface area (TPSA) is 56.8 Å². The number of carbonyl (C=O) groups excluding carboxylic acids is 1. The van der Waals surface area contributed by atoms with Gasteiger partial charge in [-0.3, -0.25) is 4.79 Å². The van der Waals surface area contributed by atoms with E-state index >= 15 is 0 Å². The van der Waals surface area contributed by atoms with Gasteiger partial charge in [0, 0.05) is 19.4 Å². The van der Waals surface area contributed by atoms with Crippen LogP contribution in [0.15, 0.2) is 24.3 Å². The number of benzene rings is 1. The fraction of sp³-hybridized carbons (Fsp3) is 0.588. The Kier molecular flexibility index (Phi) is 7.91. The van der Waals surface area contributed by atoms with Crippen LogP contribution in [0.4, 0.5) is 5.69 Å². The van der Waals surface area contributed by atoms with Crippen molar-refractivity contribution in [3.8, 4) is 5.75 Å². The number of ether oxygens (including phenoxy) is 3. The highest BCUT2D eigenvalue weighted by Crippen LogP contribution is 2.21. The second kappa shape index (κ2) is 9.43. The van der Waals surface area contributed by atoms with E-state index in [1.165, 1.54) is 0 Å². The van der Waals surface area contributed by atoms with E-state index in [4.69, 9.17) is 14.2 Å². The summed E-state index contributed by atoms with van der Waals surface area (Å²) in [7, 11) is 1.56. The van der Waals surface area contributed by atoms with Crippen LogP contribution >= 0.6 is 0 Å². The summed E-state index contributed by atoms with van der Waals surface area (Å²) in [4.78, 5) is 12.3. The molecule has 1 amide bonds. The third-order valence-corrected chi connectivity index (χ3v) is 3.47. The first-order valence-corrected chi connectivity index (χ1v) is 7.73. The first kappa shape index (κ1) is 18.5. The summed E-state index contributed by atoms with van der Waals surface area (Å²) in [6.07, 6.45) is 1.55. The first-order chi connectivity index (χ1) is 10.6. The highest BCUT2D eigenvalue weighted by atomic mass is 16.5. The van der Waals surface area contributed by atoms with Gasteiger partial charge < -0.3 is 19.5 Å². The Morgan fingerprint density at radius 2 is 1.86 bits per heavy atom. The van der Waals surface area contributed by atoms with E-state index in [-0.39, 0.29) is 5.91 Å². The van der Waals surface area contributed by atoms with E-state index in [0.717, 1.165) is 17.9 Å². The molecule has 0 aliphatic rings. The van der Waals surface area contributed by atoms with Gasteiger partial charge in [-0.1, -0.05) is 13.3 Å². The normalized spacial score (nSPS) is 13.5. The Morgan fingerprint density at radius 1 is 1.18 bits per heavy atom. The molecule has 0 aliphatic carbocycles. The predicted molar refractivity (Wildman–Crippen MR) is 87.4 cm³/mol. The van der Waals surface area contributed by atoms with E-state index in [1.54, 1.807) is 14.0 Å². The lowest BCUT2D eigenvalue weighted by atomic mass is 9.99. The van der Waals surface area contributed by atoms with E-state index in [9.17, 15) is 4.79 Å². The number of hydrogen-bond donors (Lipinski definition) is 1.